The molecule has 0 bridgehead atoms. The summed E-state index contributed by atoms with van der Waals surface area (Å²) in [5, 5.41) is 0. The smallest absolute Gasteiger partial charge is 0.0237 e. The van der Waals surface area contributed by atoms with E-state index in [1.807, 2.05) is 0 Å². The van der Waals surface area contributed by atoms with Crippen molar-refractivity contribution >= 4 is 8.58 Å². The fourth-order valence-corrected chi connectivity index (χ4v) is 4.90. The summed E-state index contributed by atoms with van der Waals surface area (Å²) in [6.45, 7) is 2.30. The molecule has 19 heavy (non-hydrogen) atoms. The molecule has 0 heterocycles. The van der Waals surface area contributed by atoms with Crippen LogP contribution >= 0.6 is 8.58 Å². The summed E-state index contributed by atoms with van der Waals surface area (Å²) in [7, 11) is 1.29. The first-order chi connectivity index (χ1) is 9.43. The number of rotatable bonds is 10. The number of unbranched alkanes of at least 4 members (excludes halogenated alkanes) is 7. The molecule has 1 atom stereocenters. The van der Waals surface area contributed by atoms with Gasteiger partial charge in [-0.05, 0) is 31.1 Å². The highest BCUT2D eigenvalue weighted by Gasteiger charge is 2.10. The first-order valence-electron chi connectivity index (χ1n) is 9.17. The lowest BCUT2D eigenvalue weighted by Crippen LogP contribution is -2.04. The molecule has 1 heteroatoms. The second kappa shape index (κ2) is 13.4. The van der Waals surface area contributed by atoms with Gasteiger partial charge in [0.1, 0.15) is 0 Å². The summed E-state index contributed by atoms with van der Waals surface area (Å²) < 4.78 is 0. The predicted molar refractivity (Wildman–Crippen MR) is 91.9 cm³/mol. The molecule has 0 spiro atoms. The van der Waals surface area contributed by atoms with Crippen LogP contribution in [-0.2, 0) is 0 Å². The Morgan fingerprint density at radius 2 is 1.21 bits per heavy atom. The Balaban J connectivity index is 1.84. The highest BCUT2D eigenvalue weighted by atomic mass is 31.1. The van der Waals surface area contributed by atoms with Crippen LogP contribution in [0.25, 0.3) is 0 Å². The van der Waals surface area contributed by atoms with Crippen molar-refractivity contribution in [3.63, 3.8) is 0 Å². The third kappa shape index (κ3) is 10.8. The molecular formula is C18H37P. The second-order valence-electron chi connectivity index (χ2n) is 6.47. The minimum atomic E-state index is 1.12. The van der Waals surface area contributed by atoms with Crippen molar-refractivity contribution < 1.29 is 0 Å². The molecule has 1 unspecified atom stereocenters. The van der Waals surface area contributed by atoms with Crippen LogP contribution in [0.5, 0.6) is 0 Å². The van der Waals surface area contributed by atoms with Crippen molar-refractivity contribution in [2.24, 2.45) is 0 Å². The number of hydrogen-bond acceptors (Lipinski definition) is 0. The van der Waals surface area contributed by atoms with E-state index in [9.17, 15) is 0 Å². The SMILES string of the molecule is CCCCCCCCCCPC1CCCCCCC1. The van der Waals surface area contributed by atoms with Gasteiger partial charge < -0.3 is 0 Å². The fourth-order valence-electron chi connectivity index (χ4n) is 3.23. The first kappa shape index (κ1) is 17.5. The van der Waals surface area contributed by atoms with E-state index in [1.54, 1.807) is 19.0 Å². The molecule has 0 aromatic rings. The molecule has 1 rings (SSSR count). The van der Waals surface area contributed by atoms with E-state index < -0.39 is 0 Å². The van der Waals surface area contributed by atoms with E-state index in [4.69, 9.17) is 0 Å². The van der Waals surface area contributed by atoms with Crippen molar-refractivity contribution in [2.75, 3.05) is 6.16 Å². The van der Waals surface area contributed by atoms with Crippen molar-refractivity contribution in [3.05, 3.63) is 0 Å². The largest absolute Gasteiger partial charge is 0.119 e. The molecule has 0 aromatic heterocycles. The Morgan fingerprint density at radius 3 is 1.84 bits per heavy atom. The standard InChI is InChI=1S/C18H37P/c1-2-3-4-5-6-7-11-14-17-19-18-15-12-9-8-10-13-16-18/h18-19H,2-17H2,1H3. The molecule has 1 aliphatic rings. The van der Waals surface area contributed by atoms with Crippen LogP contribution in [0.15, 0.2) is 0 Å². The van der Waals surface area contributed by atoms with Crippen molar-refractivity contribution in [1.82, 2.24) is 0 Å². The Bertz CT molecular complexity index is 171. The summed E-state index contributed by atoms with van der Waals surface area (Å²) >= 11 is 0. The van der Waals surface area contributed by atoms with E-state index in [0.717, 1.165) is 5.66 Å². The monoisotopic (exact) mass is 284 g/mol. The van der Waals surface area contributed by atoms with Gasteiger partial charge >= 0.3 is 0 Å². The van der Waals surface area contributed by atoms with Crippen LogP contribution in [0.4, 0.5) is 0 Å². The van der Waals surface area contributed by atoms with Gasteiger partial charge in [-0.3, -0.25) is 0 Å². The topological polar surface area (TPSA) is 0 Å². The Labute approximate surface area is 124 Å². The van der Waals surface area contributed by atoms with Gasteiger partial charge in [0.05, 0.1) is 0 Å². The maximum Gasteiger partial charge on any atom is -0.0237 e. The Morgan fingerprint density at radius 1 is 0.684 bits per heavy atom. The zero-order valence-corrected chi connectivity index (χ0v) is 14.4. The third-order valence-electron chi connectivity index (χ3n) is 4.57. The summed E-state index contributed by atoms with van der Waals surface area (Å²) in [6, 6.07) is 0. The van der Waals surface area contributed by atoms with Crippen LogP contribution in [0.3, 0.4) is 0 Å². The maximum absolute atomic E-state index is 2.30. The molecular weight excluding hydrogens is 247 g/mol. The molecule has 0 aliphatic heterocycles. The summed E-state index contributed by atoms with van der Waals surface area (Å²) in [4.78, 5) is 0. The van der Waals surface area contributed by atoms with Crippen LogP contribution in [0.1, 0.15) is 103 Å². The van der Waals surface area contributed by atoms with Gasteiger partial charge in [-0.1, -0.05) is 84.0 Å². The van der Waals surface area contributed by atoms with Gasteiger partial charge in [-0.15, -0.1) is 8.58 Å². The quantitative estimate of drug-likeness (QED) is 0.302. The average molecular weight is 284 g/mol. The minimum Gasteiger partial charge on any atom is -0.119 e. The first-order valence-corrected chi connectivity index (χ1v) is 10.5. The van der Waals surface area contributed by atoms with Crippen LogP contribution < -0.4 is 0 Å². The Hall–Kier alpha value is 0.430. The summed E-state index contributed by atoms with van der Waals surface area (Å²) in [5.74, 6) is 0. The van der Waals surface area contributed by atoms with Gasteiger partial charge in [0.15, 0.2) is 0 Å². The third-order valence-corrected chi connectivity index (χ3v) is 6.37. The molecule has 0 nitrogen and oxygen atoms in total. The average Bonchev–Trinajstić information content (AvgIpc) is 2.39. The molecule has 1 saturated carbocycles. The van der Waals surface area contributed by atoms with E-state index in [0.29, 0.717) is 0 Å². The minimum absolute atomic E-state index is 1.12. The predicted octanol–water partition coefficient (Wildman–Crippen LogP) is 6.92. The lowest BCUT2D eigenvalue weighted by molar-refractivity contribution is 0.510. The normalized spacial score (nSPS) is 18.8. The van der Waals surface area contributed by atoms with Crippen LogP contribution in [0, 0.1) is 0 Å². The zero-order chi connectivity index (χ0) is 13.6. The second-order valence-corrected chi connectivity index (χ2v) is 8.20. The highest BCUT2D eigenvalue weighted by molar-refractivity contribution is 7.38. The van der Waals surface area contributed by atoms with Crippen LogP contribution in [0.2, 0.25) is 0 Å². The van der Waals surface area contributed by atoms with Gasteiger partial charge in [0.2, 0.25) is 0 Å². The van der Waals surface area contributed by atoms with Gasteiger partial charge in [0.25, 0.3) is 0 Å². The van der Waals surface area contributed by atoms with Crippen molar-refractivity contribution in [2.45, 2.75) is 109 Å². The molecule has 0 N–H and O–H groups in total. The van der Waals surface area contributed by atoms with Crippen molar-refractivity contribution in [1.29, 1.82) is 0 Å². The highest BCUT2D eigenvalue weighted by Crippen LogP contribution is 2.32. The summed E-state index contributed by atoms with van der Waals surface area (Å²) in [6.07, 6.45) is 24.0. The van der Waals surface area contributed by atoms with Gasteiger partial charge in [0, 0.05) is 0 Å². The Kier molecular flexibility index (Phi) is 12.3. The lowest BCUT2D eigenvalue weighted by Gasteiger charge is -2.19. The molecule has 0 saturated heterocycles. The van der Waals surface area contributed by atoms with E-state index in [2.05, 4.69) is 6.92 Å². The zero-order valence-electron chi connectivity index (χ0n) is 13.4. The molecule has 0 aromatic carbocycles. The lowest BCUT2D eigenvalue weighted by atomic mass is 10.0. The van der Waals surface area contributed by atoms with E-state index >= 15 is 0 Å². The maximum atomic E-state index is 2.30. The van der Waals surface area contributed by atoms with Gasteiger partial charge in [-0.2, -0.15) is 0 Å². The van der Waals surface area contributed by atoms with Crippen molar-refractivity contribution in [3.8, 4) is 0 Å². The van der Waals surface area contributed by atoms with Crippen LogP contribution in [-0.4, -0.2) is 11.8 Å². The molecule has 1 aliphatic carbocycles. The molecule has 1 fully saturated rings. The molecule has 0 amide bonds. The van der Waals surface area contributed by atoms with E-state index in [1.165, 1.54) is 92.1 Å². The fraction of sp³-hybridized carbons (Fsp3) is 1.00. The molecule has 0 radical (unpaired) electrons. The van der Waals surface area contributed by atoms with Gasteiger partial charge in [-0.25, -0.2) is 0 Å². The van der Waals surface area contributed by atoms with E-state index in [-0.39, 0.29) is 0 Å². The number of hydrogen-bond donors (Lipinski definition) is 0. The summed E-state index contributed by atoms with van der Waals surface area (Å²) in [5.41, 5.74) is 1.12. The molecule has 114 valence electrons.